The Morgan fingerprint density at radius 1 is 0.931 bits per heavy atom. The number of nitrogens with zero attached hydrogens (tertiary/aromatic N) is 1. The van der Waals surface area contributed by atoms with Gasteiger partial charge in [-0.1, -0.05) is 50.9 Å². The highest BCUT2D eigenvalue weighted by atomic mass is 35.5. The summed E-state index contributed by atoms with van der Waals surface area (Å²) in [4.78, 5) is 12.6. The number of halogens is 2. The highest BCUT2D eigenvalue weighted by Gasteiger charge is 2.26. The van der Waals surface area contributed by atoms with E-state index in [1.165, 1.54) is 28.6 Å². The minimum absolute atomic E-state index is 0.168. The lowest BCUT2D eigenvalue weighted by atomic mass is 10.2. The molecule has 0 unspecified atom stereocenters. The van der Waals surface area contributed by atoms with Crippen LogP contribution >= 0.6 is 23.2 Å². The molecule has 0 atom stereocenters. The Balaban J connectivity index is 2.21. The van der Waals surface area contributed by atoms with Crippen molar-refractivity contribution in [2.45, 2.75) is 32.6 Å². The summed E-state index contributed by atoms with van der Waals surface area (Å²) in [5.41, 5.74) is 0.795. The number of sulfonamides is 1. The smallest absolute Gasteiger partial charge is 0.255 e. The van der Waals surface area contributed by atoms with Gasteiger partial charge >= 0.3 is 0 Å². The van der Waals surface area contributed by atoms with Crippen molar-refractivity contribution in [3.05, 3.63) is 58.1 Å². The number of amides is 1. The van der Waals surface area contributed by atoms with Gasteiger partial charge in [0, 0.05) is 34.4 Å². The molecule has 2 rings (SSSR count). The monoisotopic (exact) mass is 456 g/mol. The second-order valence-electron chi connectivity index (χ2n) is 7.75. The van der Waals surface area contributed by atoms with Crippen LogP contribution in [0.2, 0.25) is 10.0 Å². The van der Waals surface area contributed by atoms with Gasteiger partial charge in [0.1, 0.15) is 0 Å². The van der Waals surface area contributed by atoms with E-state index in [9.17, 15) is 13.2 Å². The van der Waals surface area contributed by atoms with Crippen molar-refractivity contribution in [2.24, 2.45) is 11.8 Å². The van der Waals surface area contributed by atoms with Gasteiger partial charge in [-0.2, -0.15) is 4.31 Å². The lowest BCUT2D eigenvalue weighted by Crippen LogP contribution is -2.37. The average molecular weight is 457 g/mol. The third-order valence-corrected chi connectivity index (χ3v) is 6.29. The molecule has 158 valence electrons. The molecule has 2 aromatic rings. The van der Waals surface area contributed by atoms with E-state index < -0.39 is 10.0 Å². The molecule has 0 fully saturated rings. The summed E-state index contributed by atoms with van der Waals surface area (Å²) in [7, 11) is -3.64. The van der Waals surface area contributed by atoms with E-state index >= 15 is 0 Å². The number of benzene rings is 2. The van der Waals surface area contributed by atoms with E-state index in [4.69, 9.17) is 23.2 Å². The molecule has 0 radical (unpaired) electrons. The van der Waals surface area contributed by atoms with Crippen LogP contribution in [0.4, 0.5) is 5.69 Å². The molecule has 0 aromatic heterocycles. The van der Waals surface area contributed by atoms with Crippen LogP contribution in [0.5, 0.6) is 0 Å². The van der Waals surface area contributed by atoms with E-state index in [1.807, 2.05) is 27.7 Å². The zero-order valence-corrected chi connectivity index (χ0v) is 19.3. The second kappa shape index (κ2) is 9.94. The molecule has 0 bridgehead atoms. The molecule has 0 saturated carbocycles. The number of anilines is 1. The normalized spacial score (nSPS) is 12.0. The minimum Gasteiger partial charge on any atom is -0.322 e. The predicted octanol–water partition coefficient (Wildman–Crippen LogP) is 5.55. The Hall–Kier alpha value is -1.60. The largest absolute Gasteiger partial charge is 0.322 e. The van der Waals surface area contributed by atoms with Crippen LogP contribution in [0.1, 0.15) is 38.1 Å². The van der Waals surface area contributed by atoms with Crippen molar-refractivity contribution in [2.75, 3.05) is 18.4 Å². The van der Waals surface area contributed by atoms with Crippen molar-refractivity contribution >= 4 is 44.8 Å². The Morgan fingerprint density at radius 3 is 1.86 bits per heavy atom. The van der Waals surface area contributed by atoms with Gasteiger partial charge in [-0.3, -0.25) is 4.79 Å². The van der Waals surface area contributed by atoms with E-state index in [2.05, 4.69) is 5.32 Å². The van der Waals surface area contributed by atoms with Crippen molar-refractivity contribution in [1.29, 1.82) is 0 Å². The molecule has 0 aliphatic carbocycles. The summed E-state index contributed by atoms with van der Waals surface area (Å²) in [6, 6.07) is 10.7. The van der Waals surface area contributed by atoms with Crippen molar-refractivity contribution < 1.29 is 13.2 Å². The van der Waals surface area contributed by atoms with Crippen LogP contribution in [0.25, 0.3) is 0 Å². The third kappa shape index (κ3) is 6.71. The van der Waals surface area contributed by atoms with Crippen LogP contribution < -0.4 is 5.32 Å². The van der Waals surface area contributed by atoms with Gasteiger partial charge in [-0.15, -0.1) is 0 Å². The molecule has 1 amide bonds. The Labute approximate surface area is 183 Å². The summed E-state index contributed by atoms with van der Waals surface area (Å²) in [5, 5.41) is 3.52. The topological polar surface area (TPSA) is 66.5 Å². The van der Waals surface area contributed by atoms with E-state index in [-0.39, 0.29) is 22.6 Å². The van der Waals surface area contributed by atoms with E-state index in [0.717, 1.165) is 0 Å². The maximum absolute atomic E-state index is 13.0. The van der Waals surface area contributed by atoms with Crippen molar-refractivity contribution in [3.8, 4) is 0 Å². The molecule has 8 heteroatoms. The van der Waals surface area contributed by atoms with Crippen molar-refractivity contribution in [1.82, 2.24) is 4.31 Å². The second-order valence-corrected chi connectivity index (χ2v) is 10.6. The summed E-state index contributed by atoms with van der Waals surface area (Å²) >= 11 is 11.9. The molecule has 0 saturated heterocycles. The maximum Gasteiger partial charge on any atom is 0.255 e. The fraction of sp³-hybridized carbons (Fsp3) is 0.381. The highest BCUT2D eigenvalue weighted by Crippen LogP contribution is 2.24. The first-order chi connectivity index (χ1) is 13.5. The highest BCUT2D eigenvalue weighted by molar-refractivity contribution is 7.89. The number of hydrogen-bond acceptors (Lipinski definition) is 3. The van der Waals surface area contributed by atoms with Crippen LogP contribution in [-0.2, 0) is 10.0 Å². The van der Waals surface area contributed by atoms with Gasteiger partial charge in [-0.05, 0) is 54.3 Å². The Morgan fingerprint density at radius 2 is 1.41 bits per heavy atom. The van der Waals surface area contributed by atoms with Crippen LogP contribution in [0.3, 0.4) is 0 Å². The first kappa shape index (κ1) is 23.7. The third-order valence-electron chi connectivity index (χ3n) is 4.01. The number of rotatable bonds is 8. The van der Waals surface area contributed by atoms with Gasteiger partial charge in [0.15, 0.2) is 0 Å². The van der Waals surface area contributed by atoms with Gasteiger partial charge in [0.25, 0.3) is 5.91 Å². The zero-order valence-electron chi connectivity index (χ0n) is 16.9. The number of hydrogen-bond donors (Lipinski definition) is 1. The zero-order chi connectivity index (χ0) is 21.8. The van der Waals surface area contributed by atoms with Gasteiger partial charge in [0.05, 0.1) is 4.90 Å². The molecule has 0 spiro atoms. The summed E-state index contributed by atoms with van der Waals surface area (Å²) in [5.74, 6) is 0.0321. The summed E-state index contributed by atoms with van der Waals surface area (Å²) in [6.45, 7) is 8.82. The van der Waals surface area contributed by atoms with Gasteiger partial charge in [0.2, 0.25) is 10.0 Å². The van der Waals surface area contributed by atoms with E-state index in [1.54, 1.807) is 18.2 Å². The number of nitrogens with one attached hydrogen (secondary N) is 1. The maximum atomic E-state index is 13.0. The first-order valence-corrected chi connectivity index (χ1v) is 11.6. The molecule has 2 aromatic carbocycles. The number of carbonyl (C=O) groups is 1. The molecule has 0 aliphatic heterocycles. The molecule has 29 heavy (non-hydrogen) atoms. The Kier molecular flexibility index (Phi) is 8.11. The summed E-state index contributed by atoms with van der Waals surface area (Å²) < 4.78 is 27.6. The molecule has 5 nitrogen and oxygen atoms in total. The van der Waals surface area contributed by atoms with Crippen molar-refractivity contribution in [3.63, 3.8) is 0 Å². The van der Waals surface area contributed by atoms with Crippen LogP contribution in [-0.4, -0.2) is 31.7 Å². The average Bonchev–Trinajstić information content (AvgIpc) is 2.59. The first-order valence-electron chi connectivity index (χ1n) is 9.36. The quantitative estimate of drug-likeness (QED) is 0.565. The summed E-state index contributed by atoms with van der Waals surface area (Å²) in [6.07, 6.45) is 0. The van der Waals surface area contributed by atoms with Crippen LogP contribution in [0.15, 0.2) is 47.4 Å². The lowest BCUT2D eigenvalue weighted by molar-refractivity contribution is 0.102. The fourth-order valence-corrected chi connectivity index (χ4v) is 5.13. The molecule has 0 heterocycles. The Bertz CT molecular complexity index is 928. The number of carbonyl (C=O) groups excluding carboxylic acids is 1. The van der Waals surface area contributed by atoms with Gasteiger partial charge < -0.3 is 5.32 Å². The SMILES string of the molecule is CC(C)CN(CC(C)C)S(=O)(=O)c1ccc(C(=O)Nc2cc(Cl)cc(Cl)c2)cc1. The van der Waals surface area contributed by atoms with Crippen LogP contribution in [0, 0.1) is 11.8 Å². The van der Waals surface area contributed by atoms with E-state index in [0.29, 0.717) is 34.4 Å². The van der Waals surface area contributed by atoms with Gasteiger partial charge in [-0.25, -0.2) is 8.42 Å². The molecule has 1 N–H and O–H groups in total. The fourth-order valence-electron chi connectivity index (χ4n) is 2.84. The lowest BCUT2D eigenvalue weighted by Gasteiger charge is -2.25. The minimum atomic E-state index is -3.64. The predicted molar refractivity (Wildman–Crippen MR) is 119 cm³/mol. The molecule has 0 aliphatic rings. The molecular weight excluding hydrogens is 431 g/mol. The molecular formula is C21H26Cl2N2O3S. The standard InChI is InChI=1S/C21H26Cl2N2O3S/c1-14(2)12-25(13-15(3)4)29(27,28)20-7-5-16(6-8-20)21(26)24-19-10-17(22)9-18(23)11-19/h5-11,14-15H,12-13H2,1-4H3,(H,24,26).